The second kappa shape index (κ2) is 3.21. The molecule has 2 heteroatoms. The fourth-order valence-corrected chi connectivity index (χ4v) is 2.84. The average Bonchev–Trinajstić information content (AvgIpc) is 2.24. The van der Waals surface area contributed by atoms with Crippen LogP contribution in [0.2, 0.25) is 0 Å². The van der Waals surface area contributed by atoms with E-state index in [2.05, 4.69) is 51.3 Å². The van der Waals surface area contributed by atoms with Gasteiger partial charge in [0.2, 0.25) is 0 Å². The Morgan fingerprint density at radius 3 is 2.07 bits per heavy atom. The minimum atomic E-state index is 0.341. The molecule has 0 aromatic rings. The van der Waals surface area contributed by atoms with E-state index in [0.717, 1.165) is 12.1 Å². The van der Waals surface area contributed by atoms with Gasteiger partial charge in [0.25, 0.3) is 0 Å². The molecule has 0 radical (unpaired) electrons. The van der Waals surface area contributed by atoms with E-state index < -0.39 is 0 Å². The van der Waals surface area contributed by atoms with Gasteiger partial charge in [-0.25, -0.2) is 0 Å². The summed E-state index contributed by atoms with van der Waals surface area (Å²) in [7, 11) is 0. The van der Waals surface area contributed by atoms with E-state index in [1.54, 1.807) is 0 Å². The monoisotopic (exact) mass is 210 g/mol. The zero-order valence-corrected chi connectivity index (χ0v) is 11.2. The summed E-state index contributed by atoms with van der Waals surface area (Å²) in [6.07, 6.45) is 2.09. The largest absolute Gasteiger partial charge is 0.274 e. The number of fused-ring (bicyclic) bond motifs is 1. The second-order valence-corrected chi connectivity index (χ2v) is 7.33. The Kier molecular flexibility index (Phi) is 2.44. The van der Waals surface area contributed by atoms with Gasteiger partial charge >= 0.3 is 0 Å². The Hall–Kier alpha value is -0.0800. The van der Waals surface area contributed by atoms with E-state index in [1.807, 2.05) is 0 Å². The maximum Gasteiger partial charge on any atom is 0.0652 e. The van der Waals surface area contributed by atoms with Gasteiger partial charge in [0.1, 0.15) is 0 Å². The summed E-state index contributed by atoms with van der Waals surface area (Å²) in [5.74, 6) is 0.870. The van der Waals surface area contributed by atoms with Gasteiger partial charge in [-0.15, -0.1) is 0 Å². The van der Waals surface area contributed by atoms with Gasteiger partial charge in [0.05, 0.1) is 12.8 Å². The molecule has 2 atom stereocenters. The van der Waals surface area contributed by atoms with Crippen molar-refractivity contribution in [2.75, 3.05) is 13.2 Å². The Balaban J connectivity index is 2.00. The molecule has 0 saturated carbocycles. The molecule has 2 rings (SSSR count). The molecule has 0 amide bonds. The van der Waals surface area contributed by atoms with Crippen molar-refractivity contribution >= 4 is 0 Å². The predicted molar refractivity (Wildman–Crippen MR) is 64.5 cm³/mol. The van der Waals surface area contributed by atoms with Crippen LogP contribution in [-0.2, 0) is 0 Å². The maximum atomic E-state index is 2.64. The molecule has 0 bridgehead atoms. The van der Waals surface area contributed by atoms with E-state index in [9.17, 15) is 0 Å². The van der Waals surface area contributed by atoms with Crippen molar-refractivity contribution in [2.45, 2.75) is 59.7 Å². The fourth-order valence-electron chi connectivity index (χ4n) is 2.84. The normalized spacial score (nSPS) is 34.0. The molecule has 2 aliphatic heterocycles. The highest BCUT2D eigenvalue weighted by molar-refractivity contribution is 4.99. The first-order valence-electron chi connectivity index (χ1n) is 6.20. The minimum Gasteiger partial charge on any atom is -0.274 e. The molecular formula is C13H26N2. The molecular weight excluding hydrogens is 184 g/mol. The summed E-state index contributed by atoms with van der Waals surface area (Å²) >= 11 is 0. The van der Waals surface area contributed by atoms with Gasteiger partial charge < -0.3 is 0 Å². The second-order valence-electron chi connectivity index (χ2n) is 7.33. The Morgan fingerprint density at radius 1 is 1.00 bits per heavy atom. The van der Waals surface area contributed by atoms with Crippen molar-refractivity contribution in [1.82, 2.24) is 9.80 Å². The average molecular weight is 210 g/mol. The zero-order valence-electron chi connectivity index (χ0n) is 11.2. The first-order valence-corrected chi connectivity index (χ1v) is 6.20. The lowest BCUT2D eigenvalue weighted by atomic mass is 9.80. The molecule has 0 aromatic heterocycles. The third-order valence-corrected chi connectivity index (χ3v) is 4.15. The SMILES string of the molecule is CC(C)(C)C1CC2N(C1)CN2C(C)(C)C. The third-order valence-electron chi connectivity index (χ3n) is 4.15. The number of hydrogen-bond acceptors (Lipinski definition) is 2. The van der Waals surface area contributed by atoms with E-state index >= 15 is 0 Å². The molecule has 2 saturated heterocycles. The van der Waals surface area contributed by atoms with Gasteiger partial charge in [-0.05, 0) is 38.5 Å². The van der Waals surface area contributed by atoms with Gasteiger partial charge in [-0.1, -0.05) is 20.8 Å². The topological polar surface area (TPSA) is 6.48 Å². The molecule has 2 unspecified atom stereocenters. The molecule has 0 spiro atoms. The zero-order chi connectivity index (χ0) is 11.4. The molecule has 2 fully saturated rings. The maximum absolute atomic E-state index is 2.64. The molecule has 2 nitrogen and oxygen atoms in total. The molecule has 0 N–H and O–H groups in total. The highest BCUT2D eigenvalue weighted by atomic mass is 15.6. The van der Waals surface area contributed by atoms with Crippen LogP contribution in [0.5, 0.6) is 0 Å². The molecule has 0 aromatic carbocycles. The summed E-state index contributed by atoms with van der Waals surface area (Å²) in [6.45, 7) is 16.6. The van der Waals surface area contributed by atoms with Gasteiger partial charge in [0.15, 0.2) is 0 Å². The summed E-state index contributed by atoms with van der Waals surface area (Å²) in [5, 5.41) is 0. The standard InChI is InChI=1S/C13H26N2/c1-12(2,3)10-7-11-14(8-10)9-15(11)13(4,5)6/h10-11H,7-9H2,1-6H3. The lowest BCUT2D eigenvalue weighted by Gasteiger charge is -2.54. The predicted octanol–water partition coefficient (Wildman–Crippen LogP) is 2.75. The van der Waals surface area contributed by atoms with Crippen LogP contribution in [0.4, 0.5) is 0 Å². The van der Waals surface area contributed by atoms with Crippen molar-refractivity contribution in [3.05, 3.63) is 0 Å². The van der Waals surface area contributed by atoms with Crippen LogP contribution in [0.1, 0.15) is 48.0 Å². The van der Waals surface area contributed by atoms with E-state index in [0.29, 0.717) is 11.0 Å². The Morgan fingerprint density at radius 2 is 1.60 bits per heavy atom. The Labute approximate surface area is 94.6 Å². The van der Waals surface area contributed by atoms with Crippen molar-refractivity contribution < 1.29 is 0 Å². The smallest absolute Gasteiger partial charge is 0.0652 e. The first kappa shape index (κ1) is 11.4. The number of rotatable bonds is 0. The molecule has 0 aliphatic carbocycles. The molecule has 2 aliphatic rings. The third kappa shape index (κ3) is 1.94. The first-order chi connectivity index (χ1) is 6.69. The van der Waals surface area contributed by atoms with Crippen LogP contribution < -0.4 is 0 Å². The summed E-state index contributed by atoms with van der Waals surface area (Å²) in [6, 6.07) is 0. The Bertz CT molecular complexity index is 234. The highest BCUT2D eigenvalue weighted by Crippen LogP contribution is 2.43. The van der Waals surface area contributed by atoms with E-state index in [4.69, 9.17) is 0 Å². The van der Waals surface area contributed by atoms with Gasteiger partial charge in [-0.2, -0.15) is 0 Å². The molecule has 15 heavy (non-hydrogen) atoms. The van der Waals surface area contributed by atoms with Gasteiger partial charge in [-0.3, -0.25) is 9.80 Å². The van der Waals surface area contributed by atoms with Crippen molar-refractivity contribution in [2.24, 2.45) is 11.3 Å². The number of nitrogens with zero attached hydrogens (tertiary/aromatic N) is 2. The van der Waals surface area contributed by atoms with Crippen LogP contribution in [-0.4, -0.2) is 34.7 Å². The molecule has 2 heterocycles. The quantitative estimate of drug-likeness (QED) is 0.606. The van der Waals surface area contributed by atoms with Crippen molar-refractivity contribution in [3.8, 4) is 0 Å². The summed E-state index contributed by atoms with van der Waals surface area (Å²) in [4.78, 5) is 5.28. The lowest BCUT2D eigenvalue weighted by molar-refractivity contribution is -0.130. The number of hydrogen-bond donors (Lipinski definition) is 0. The van der Waals surface area contributed by atoms with Crippen molar-refractivity contribution in [1.29, 1.82) is 0 Å². The van der Waals surface area contributed by atoms with Crippen LogP contribution >= 0.6 is 0 Å². The lowest BCUT2D eigenvalue weighted by Crippen LogP contribution is -2.66. The van der Waals surface area contributed by atoms with Crippen LogP contribution in [0.3, 0.4) is 0 Å². The van der Waals surface area contributed by atoms with Crippen LogP contribution in [0.15, 0.2) is 0 Å². The van der Waals surface area contributed by atoms with Gasteiger partial charge in [0, 0.05) is 12.1 Å². The minimum absolute atomic E-state index is 0.341. The summed E-state index contributed by atoms with van der Waals surface area (Å²) in [5.41, 5.74) is 0.814. The summed E-state index contributed by atoms with van der Waals surface area (Å²) < 4.78 is 0. The van der Waals surface area contributed by atoms with E-state index in [-0.39, 0.29) is 0 Å². The fraction of sp³-hybridized carbons (Fsp3) is 1.00. The highest BCUT2D eigenvalue weighted by Gasteiger charge is 2.50. The van der Waals surface area contributed by atoms with Crippen LogP contribution in [0, 0.1) is 11.3 Å². The van der Waals surface area contributed by atoms with Crippen LogP contribution in [0.25, 0.3) is 0 Å². The van der Waals surface area contributed by atoms with Crippen molar-refractivity contribution in [3.63, 3.8) is 0 Å². The molecule has 88 valence electrons. The van der Waals surface area contributed by atoms with E-state index in [1.165, 1.54) is 19.6 Å².